The van der Waals surface area contributed by atoms with Gasteiger partial charge < -0.3 is 10.1 Å². The molecule has 0 amide bonds. The summed E-state index contributed by atoms with van der Waals surface area (Å²) in [5.74, 6) is 1.81. The van der Waals surface area contributed by atoms with E-state index in [1.54, 1.807) is 0 Å². The van der Waals surface area contributed by atoms with Gasteiger partial charge in [-0.1, -0.05) is 32.0 Å². The predicted molar refractivity (Wildman–Crippen MR) is 81.2 cm³/mol. The quantitative estimate of drug-likeness (QED) is 0.771. The number of benzene rings is 1. The Morgan fingerprint density at radius 3 is 2.89 bits per heavy atom. The highest BCUT2D eigenvalue weighted by molar-refractivity contribution is 6.17. The first-order valence-corrected chi connectivity index (χ1v) is 7.65. The fraction of sp³-hybridized carbons (Fsp3) is 0.625. The first kappa shape index (κ1) is 14.7. The third kappa shape index (κ3) is 4.39. The molecule has 2 rings (SSSR count). The van der Waals surface area contributed by atoms with E-state index in [2.05, 4.69) is 37.4 Å². The molecule has 1 atom stereocenters. The van der Waals surface area contributed by atoms with Gasteiger partial charge in [0.25, 0.3) is 0 Å². The zero-order chi connectivity index (χ0) is 13.7. The maximum atomic E-state index is 5.92. The summed E-state index contributed by atoms with van der Waals surface area (Å²) in [4.78, 5) is 0. The number of fused-ring (bicyclic) bond motifs is 1. The van der Waals surface area contributed by atoms with Gasteiger partial charge in [0.2, 0.25) is 0 Å². The molecule has 0 fully saturated rings. The van der Waals surface area contributed by atoms with Crippen LogP contribution in [0.25, 0.3) is 0 Å². The van der Waals surface area contributed by atoms with E-state index < -0.39 is 0 Å². The maximum Gasteiger partial charge on any atom is 0.123 e. The Kier molecular flexibility index (Phi) is 5.12. The average molecular weight is 282 g/mol. The van der Waals surface area contributed by atoms with Crippen LogP contribution >= 0.6 is 11.6 Å². The maximum absolute atomic E-state index is 5.92. The second kappa shape index (κ2) is 6.62. The van der Waals surface area contributed by atoms with Gasteiger partial charge >= 0.3 is 0 Å². The van der Waals surface area contributed by atoms with E-state index in [0.717, 1.165) is 44.0 Å². The van der Waals surface area contributed by atoms with Crippen molar-refractivity contribution in [2.75, 3.05) is 19.0 Å². The lowest BCUT2D eigenvalue weighted by Gasteiger charge is -2.25. The topological polar surface area (TPSA) is 21.3 Å². The third-order valence-corrected chi connectivity index (χ3v) is 3.94. The Hall–Kier alpha value is -0.730. The summed E-state index contributed by atoms with van der Waals surface area (Å²) in [6.45, 7) is 6.51. The SMILES string of the molecule is CC(C)(CCCCl)CNCC1Cc2ccccc2O1. The lowest BCUT2D eigenvalue weighted by atomic mass is 9.88. The number of alkyl halides is 1. The summed E-state index contributed by atoms with van der Waals surface area (Å²) in [7, 11) is 0. The third-order valence-electron chi connectivity index (χ3n) is 3.68. The van der Waals surface area contributed by atoms with Crippen LogP contribution < -0.4 is 10.1 Å². The smallest absolute Gasteiger partial charge is 0.123 e. The Morgan fingerprint density at radius 1 is 1.37 bits per heavy atom. The van der Waals surface area contributed by atoms with Gasteiger partial charge in [-0.2, -0.15) is 0 Å². The van der Waals surface area contributed by atoms with E-state index in [4.69, 9.17) is 16.3 Å². The van der Waals surface area contributed by atoms with E-state index in [9.17, 15) is 0 Å². The van der Waals surface area contributed by atoms with Crippen molar-refractivity contribution < 1.29 is 4.74 Å². The van der Waals surface area contributed by atoms with Gasteiger partial charge in [-0.15, -0.1) is 11.6 Å². The molecule has 0 bridgehead atoms. The lowest BCUT2D eigenvalue weighted by Crippen LogP contribution is -2.36. The molecule has 0 saturated carbocycles. The van der Waals surface area contributed by atoms with Crippen LogP contribution in [0.1, 0.15) is 32.3 Å². The molecule has 1 aliphatic heterocycles. The van der Waals surface area contributed by atoms with E-state index in [-0.39, 0.29) is 6.10 Å². The second-order valence-electron chi connectivity index (χ2n) is 6.14. The monoisotopic (exact) mass is 281 g/mol. The van der Waals surface area contributed by atoms with Crippen molar-refractivity contribution in [3.63, 3.8) is 0 Å². The summed E-state index contributed by atoms with van der Waals surface area (Å²) in [6.07, 6.45) is 3.54. The molecule has 1 aliphatic rings. The molecule has 1 aromatic carbocycles. The normalized spacial score (nSPS) is 18.2. The van der Waals surface area contributed by atoms with E-state index in [1.807, 2.05) is 6.07 Å². The molecule has 0 aliphatic carbocycles. The first-order chi connectivity index (χ1) is 9.11. The van der Waals surface area contributed by atoms with Crippen LogP contribution in [0.15, 0.2) is 24.3 Å². The summed E-state index contributed by atoms with van der Waals surface area (Å²) in [5.41, 5.74) is 1.64. The van der Waals surface area contributed by atoms with Crippen LogP contribution in [0.4, 0.5) is 0 Å². The molecular formula is C16H24ClNO. The molecule has 0 saturated heterocycles. The highest BCUT2D eigenvalue weighted by atomic mass is 35.5. The van der Waals surface area contributed by atoms with Crippen LogP contribution in [0, 0.1) is 5.41 Å². The number of hydrogen-bond donors (Lipinski definition) is 1. The fourth-order valence-corrected chi connectivity index (χ4v) is 2.71. The predicted octanol–water partition coefficient (Wildman–Crippen LogP) is 3.62. The van der Waals surface area contributed by atoms with Crippen molar-refractivity contribution in [3.8, 4) is 5.75 Å². The van der Waals surface area contributed by atoms with Crippen molar-refractivity contribution in [3.05, 3.63) is 29.8 Å². The van der Waals surface area contributed by atoms with Crippen molar-refractivity contribution in [1.29, 1.82) is 0 Å². The lowest BCUT2D eigenvalue weighted by molar-refractivity contribution is 0.214. The highest BCUT2D eigenvalue weighted by Gasteiger charge is 2.23. The minimum absolute atomic E-state index is 0.279. The van der Waals surface area contributed by atoms with Crippen molar-refractivity contribution in [2.45, 2.75) is 39.2 Å². The Morgan fingerprint density at radius 2 is 2.16 bits per heavy atom. The molecule has 0 spiro atoms. The van der Waals surface area contributed by atoms with Crippen LogP contribution in [0.5, 0.6) is 5.75 Å². The second-order valence-corrected chi connectivity index (χ2v) is 6.52. The molecule has 0 radical (unpaired) electrons. The highest BCUT2D eigenvalue weighted by Crippen LogP contribution is 2.28. The van der Waals surface area contributed by atoms with Crippen LogP contribution in [0.3, 0.4) is 0 Å². The Labute approximate surface area is 121 Å². The molecule has 1 heterocycles. The van der Waals surface area contributed by atoms with Gasteiger partial charge in [0.05, 0.1) is 0 Å². The Balaban J connectivity index is 1.71. The molecule has 106 valence electrons. The van der Waals surface area contributed by atoms with Gasteiger partial charge in [-0.25, -0.2) is 0 Å². The summed E-state index contributed by atoms with van der Waals surface area (Å²) in [5, 5.41) is 3.54. The molecule has 19 heavy (non-hydrogen) atoms. The van der Waals surface area contributed by atoms with Crippen LogP contribution in [-0.4, -0.2) is 25.1 Å². The van der Waals surface area contributed by atoms with Gasteiger partial charge in [-0.3, -0.25) is 0 Å². The molecule has 2 nitrogen and oxygen atoms in total. The summed E-state index contributed by atoms with van der Waals surface area (Å²) in [6, 6.07) is 8.32. The summed E-state index contributed by atoms with van der Waals surface area (Å²) < 4.78 is 5.92. The van der Waals surface area contributed by atoms with Crippen molar-refractivity contribution in [2.24, 2.45) is 5.41 Å². The fourth-order valence-electron chi connectivity index (χ4n) is 2.57. The number of hydrogen-bond acceptors (Lipinski definition) is 2. The zero-order valence-electron chi connectivity index (χ0n) is 11.9. The van der Waals surface area contributed by atoms with E-state index in [0.29, 0.717) is 5.41 Å². The zero-order valence-corrected chi connectivity index (χ0v) is 12.7. The average Bonchev–Trinajstić information content (AvgIpc) is 2.78. The number of ether oxygens (including phenoxy) is 1. The largest absolute Gasteiger partial charge is 0.488 e. The number of rotatable bonds is 7. The van der Waals surface area contributed by atoms with E-state index >= 15 is 0 Å². The number of nitrogens with one attached hydrogen (secondary N) is 1. The summed E-state index contributed by atoms with van der Waals surface area (Å²) >= 11 is 5.76. The van der Waals surface area contributed by atoms with Gasteiger partial charge in [-0.05, 0) is 29.9 Å². The standard InChI is InChI=1S/C16H24ClNO/c1-16(2,8-5-9-17)12-18-11-14-10-13-6-3-4-7-15(13)19-14/h3-4,6-7,14,18H,5,8-12H2,1-2H3. The Bertz CT molecular complexity index is 380. The van der Waals surface area contributed by atoms with Crippen molar-refractivity contribution in [1.82, 2.24) is 5.32 Å². The molecule has 0 aromatic heterocycles. The number of halogens is 1. The molecule has 1 aromatic rings. The van der Waals surface area contributed by atoms with E-state index in [1.165, 1.54) is 5.56 Å². The van der Waals surface area contributed by atoms with Crippen LogP contribution in [-0.2, 0) is 6.42 Å². The molecular weight excluding hydrogens is 258 g/mol. The van der Waals surface area contributed by atoms with Crippen LogP contribution in [0.2, 0.25) is 0 Å². The molecule has 1 unspecified atom stereocenters. The molecule has 1 N–H and O–H groups in total. The first-order valence-electron chi connectivity index (χ1n) is 7.12. The minimum atomic E-state index is 0.279. The van der Waals surface area contributed by atoms with Gasteiger partial charge in [0, 0.05) is 25.4 Å². The van der Waals surface area contributed by atoms with Gasteiger partial charge in [0.15, 0.2) is 0 Å². The van der Waals surface area contributed by atoms with Crippen molar-refractivity contribution >= 4 is 11.6 Å². The number of para-hydroxylation sites is 1. The van der Waals surface area contributed by atoms with Gasteiger partial charge in [0.1, 0.15) is 11.9 Å². The minimum Gasteiger partial charge on any atom is -0.488 e. The molecule has 3 heteroatoms.